The molecule has 0 atom stereocenters. The molecule has 0 bridgehead atoms. The van der Waals surface area contributed by atoms with Gasteiger partial charge >= 0.3 is 0 Å². The van der Waals surface area contributed by atoms with Crippen molar-refractivity contribution < 1.29 is 9.18 Å². The zero-order valence-corrected chi connectivity index (χ0v) is 10.5. The molecule has 3 rings (SSSR count). The maximum absolute atomic E-state index is 13.0. The average Bonchev–Trinajstić information content (AvgIpc) is 2.93. The third-order valence-electron chi connectivity index (χ3n) is 3.00. The van der Waals surface area contributed by atoms with E-state index in [4.69, 9.17) is 0 Å². The molecule has 0 N–H and O–H groups in total. The number of carbonyl (C=O) groups is 1. The van der Waals surface area contributed by atoms with Gasteiger partial charge in [-0.3, -0.25) is 4.79 Å². The van der Waals surface area contributed by atoms with Gasteiger partial charge in [-0.15, -0.1) is 0 Å². The summed E-state index contributed by atoms with van der Waals surface area (Å²) in [6.45, 7) is 0. The van der Waals surface area contributed by atoms with Crippen LogP contribution in [-0.4, -0.2) is 16.1 Å². The molecular weight excluding hydrogens is 255 g/mol. The number of hydrogen-bond donors (Lipinski definition) is 0. The van der Waals surface area contributed by atoms with E-state index in [1.807, 2.05) is 30.3 Å². The molecule has 4 heteroatoms. The van der Waals surface area contributed by atoms with Crippen LogP contribution in [0.2, 0.25) is 0 Å². The lowest BCUT2D eigenvalue weighted by Crippen LogP contribution is -2.01. The van der Waals surface area contributed by atoms with Crippen molar-refractivity contribution in [3.63, 3.8) is 0 Å². The van der Waals surface area contributed by atoms with E-state index in [0.717, 1.165) is 11.8 Å². The molecule has 0 aliphatic carbocycles. The molecule has 1 heterocycles. The summed E-state index contributed by atoms with van der Waals surface area (Å²) in [7, 11) is 0. The van der Waals surface area contributed by atoms with Crippen LogP contribution in [0.4, 0.5) is 4.39 Å². The second-order valence-electron chi connectivity index (χ2n) is 4.33. The number of rotatable bonds is 3. The number of nitrogens with zero attached hydrogens (tertiary/aromatic N) is 2. The van der Waals surface area contributed by atoms with E-state index in [2.05, 4.69) is 5.10 Å². The smallest absolute Gasteiger partial charge is 0.168 e. The second-order valence-corrected chi connectivity index (χ2v) is 4.33. The predicted octanol–water partition coefficient (Wildman–Crippen LogP) is 3.49. The van der Waals surface area contributed by atoms with Crippen molar-refractivity contribution in [1.29, 1.82) is 0 Å². The van der Waals surface area contributed by atoms with Gasteiger partial charge in [0, 0.05) is 5.56 Å². The lowest BCUT2D eigenvalue weighted by molar-refractivity contribution is 0.111. The molecule has 3 aromatic rings. The summed E-state index contributed by atoms with van der Waals surface area (Å²) in [5.74, 6) is -0.322. The quantitative estimate of drug-likeness (QED) is 0.680. The molecule has 2 aromatic carbocycles. The van der Waals surface area contributed by atoms with Gasteiger partial charge in [0.2, 0.25) is 0 Å². The molecule has 1 aromatic heterocycles. The highest BCUT2D eigenvalue weighted by Gasteiger charge is 2.10. The van der Waals surface area contributed by atoms with Gasteiger partial charge in [0.05, 0.1) is 11.4 Å². The number of hydrogen-bond acceptors (Lipinski definition) is 2. The van der Waals surface area contributed by atoms with Gasteiger partial charge in [0.15, 0.2) is 6.29 Å². The van der Waals surface area contributed by atoms with Gasteiger partial charge in [-0.25, -0.2) is 9.07 Å². The summed E-state index contributed by atoms with van der Waals surface area (Å²) < 4.78 is 14.5. The lowest BCUT2D eigenvalue weighted by atomic mass is 10.1. The molecule has 0 radical (unpaired) electrons. The Morgan fingerprint density at radius 2 is 1.70 bits per heavy atom. The maximum atomic E-state index is 13.0. The van der Waals surface area contributed by atoms with E-state index in [1.54, 1.807) is 18.2 Å². The zero-order chi connectivity index (χ0) is 13.9. The molecule has 0 amide bonds. The standard InChI is InChI=1S/C16H11FN2O/c17-13-6-8-14(9-7-13)19-15(11-20)10-16(18-19)12-4-2-1-3-5-12/h1-11H. The van der Waals surface area contributed by atoms with Crippen molar-refractivity contribution in [2.24, 2.45) is 0 Å². The zero-order valence-electron chi connectivity index (χ0n) is 10.5. The summed E-state index contributed by atoms with van der Waals surface area (Å²) in [4.78, 5) is 11.2. The third-order valence-corrected chi connectivity index (χ3v) is 3.00. The first-order valence-electron chi connectivity index (χ1n) is 6.14. The monoisotopic (exact) mass is 266 g/mol. The molecular formula is C16H11FN2O. The minimum absolute atomic E-state index is 0.322. The van der Waals surface area contributed by atoms with Gasteiger partial charge < -0.3 is 0 Å². The SMILES string of the molecule is O=Cc1cc(-c2ccccc2)nn1-c1ccc(F)cc1. The van der Waals surface area contributed by atoms with Crippen LogP contribution >= 0.6 is 0 Å². The van der Waals surface area contributed by atoms with Crippen LogP contribution in [-0.2, 0) is 0 Å². The van der Waals surface area contributed by atoms with E-state index >= 15 is 0 Å². The molecule has 0 saturated carbocycles. The van der Waals surface area contributed by atoms with Crippen LogP contribution in [0.1, 0.15) is 10.5 Å². The Morgan fingerprint density at radius 3 is 2.35 bits per heavy atom. The molecule has 0 aliphatic rings. The second kappa shape index (κ2) is 5.09. The molecule has 98 valence electrons. The van der Waals surface area contributed by atoms with Gasteiger partial charge in [-0.1, -0.05) is 30.3 Å². The largest absolute Gasteiger partial charge is 0.296 e. The minimum Gasteiger partial charge on any atom is -0.296 e. The highest BCUT2D eigenvalue weighted by Crippen LogP contribution is 2.20. The van der Waals surface area contributed by atoms with Gasteiger partial charge in [-0.2, -0.15) is 5.10 Å². The molecule has 0 saturated heterocycles. The Kier molecular flexibility index (Phi) is 3.13. The van der Waals surface area contributed by atoms with Crippen LogP contribution in [0, 0.1) is 5.82 Å². The molecule has 0 unspecified atom stereocenters. The van der Waals surface area contributed by atoms with Crippen molar-refractivity contribution in [2.75, 3.05) is 0 Å². The normalized spacial score (nSPS) is 10.4. The van der Waals surface area contributed by atoms with E-state index in [0.29, 0.717) is 17.1 Å². The van der Waals surface area contributed by atoms with Gasteiger partial charge in [0.1, 0.15) is 11.5 Å². The van der Waals surface area contributed by atoms with E-state index in [-0.39, 0.29) is 5.82 Å². The molecule has 20 heavy (non-hydrogen) atoms. The number of benzene rings is 2. The van der Waals surface area contributed by atoms with Crippen LogP contribution in [0.3, 0.4) is 0 Å². The lowest BCUT2D eigenvalue weighted by Gasteiger charge is -2.02. The highest BCUT2D eigenvalue weighted by molar-refractivity contribution is 5.77. The van der Waals surface area contributed by atoms with E-state index < -0.39 is 0 Å². The Labute approximate surface area is 115 Å². The summed E-state index contributed by atoms with van der Waals surface area (Å²) in [6.07, 6.45) is 0.739. The average molecular weight is 266 g/mol. The Morgan fingerprint density at radius 1 is 1.00 bits per heavy atom. The first kappa shape index (κ1) is 12.3. The van der Waals surface area contributed by atoms with Crippen molar-refractivity contribution >= 4 is 6.29 Å². The van der Waals surface area contributed by atoms with Gasteiger partial charge in [0.25, 0.3) is 0 Å². The maximum Gasteiger partial charge on any atom is 0.168 e. The van der Waals surface area contributed by atoms with Crippen LogP contribution in [0.25, 0.3) is 16.9 Å². The number of aromatic nitrogens is 2. The fourth-order valence-electron chi connectivity index (χ4n) is 2.02. The molecule has 0 spiro atoms. The topological polar surface area (TPSA) is 34.9 Å². The van der Waals surface area contributed by atoms with Crippen LogP contribution in [0.15, 0.2) is 60.7 Å². The van der Waals surface area contributed by atoms with Crippen molar-refractivity contribution in [3.05, 3.63) is 72.2 Å². The number of carbonyl (C=O) groups excluding carboxylic acids is 1. The summed E-state index contributed by atoms with van der Waals surface area (Å²) in [5.41, 5.74) is 2.71. The summed E-state index contributed by atoms with van der Waals surface area (Å²) in [6, 6.07) is 17.2. The molecule has 0 fully saturated rings. The first-order valence-corrected chi connectivity index (χ1v) is 6.14. The Bertz CT molecular complexity index is 733. The van der Waals surface area contributed by atoms with E-state index in [9.17, 15) is 9.18 Å². The van der Waals surface area contributed by atoms with Crippen LogP contribution < -0.4 is 0 Å². The molecule has 3 nitrogen and oxygen atoms in total. The number of aldehydes is 1. The van der Waals surface area contributed by atoms with E-state index in [1.165, 1.54) is 16.8 Å². The fourth-order valence-corrected chi connectivity index (χ4v) is 2.02. The van der Waals surface area contributed by atoms with Crippen molar-refractivity contribution in [3.8, 4) is 16.9 Å². The van der Waals surface area contributed by atoms with Gasteiger partial charge in [-0.05, 0) is 30.3 Å². The summed E-state index contributed by atoms with van der Waals surface area (Å²) >= 11 is 0. The first-order chi connectivity index (χ1) is 9.78. The predicted molar refractivity (Wildman–Crippen MR) is 74.3 cm³/mol. The Hall–Kier alpha value is -2.75. The van der Waals surface area contributed by atoms with Crippen molar-refractivity contribution in [2.45, 2.75) is 0 Å². The van der Waals surface area contributed by atoms with Crippen molar-refractivity contribution in [1.82, 2.24) is 9.78 Å². The molecule has 0 aliphatic heterocycles. The Balaban J connectivity index is 2.10. The summed E-state index contributed by atoms with van der Waals surface area (Å²) in [5, 5.41) is 4.41. The fraction of sp³-hybridized carbons (Fsp3) is 0. The minimum atomic E-state index is -0.322. The highest BCUT2D eigenvalue weighted by atomic mass is 19.1. The number of halogens is 1. The van der Waals surface area contributed by atoms with Crippen LogP contribution in [0.5, 0.6) is 0 Å². The third kappa shape index (κ3) is 2.23.